The highest BCUT2D eigenvalue weighted by Crippen LogP contribution is 2.32. The van der Waals surface area contributed by atoms with Crippen molar-refractivity contribution in [3.63, 3.8) is 0 Å². The monoisotopic (exact) mass is 442 g/mol. The first-order valence-electron chi connectivity index (χ1n) is 10.5. The van der Waals surface area contributed by atoms with Gasteiger partial charge in [0.25, 0.3) is 5.91 Å². The van der Waals surface area contributed by atoms with E-state index in [1.165, 1.54) is 29.7 Å². The quantitative estimate of drug-likeness (QED) is 0.623. The van der Waals surface area contributed by atoms with Crippen LogP contribution in [0.15, 0.2) is 41.0 Å². The lowest BCUT2D eigenvalue weighted by atomic mass is 9.96. The normalized spacial score (nSPS) is 19.8. The highest BCUT2D eigenvalue weighted by atomic mass is 32.1. The van der Waals surface area contributed by atoms with Crippen molar-refractivity contribution in [2.75, 3.05) is 44.2 Å². The summed E-state index contributed by atoms with van der Waals surface area (Å²) in [5.41, 5.74) is 0.784. The summed E-state index contributed by atoms with van der Waals surface area (Å²) in [5, 5.41) is 0.840. The first-order chi connectivity index (χ1) is 15.1. The third-order valence-electron chi connectivity index (χ3n) is 5.99. The van der Waals surface area contributed by atoms with Gasteiger partial charge in [0.05, 0.1) is 22.4 Å². The summed E-state index contributed by atoms with van der Waals surface area (Å²) in [5.74, 6) is -0.0162. The molecule has 5 rings (SSSR count). The van der Waals surface area contributed by atoms with Crippen LogP contribution >= 0.6 is 11.3 Å². The molecule has 1 atom stereocenters. The number of hydrogen-bond acceptors (Lipinski definition) is 6. The summed E-state index contributed by atoms with van der Waals surface area (Å²) in [6.45, 7) is 3.53. The number of piperidine rings is 1. The molecule has 0 bridgehead atoms. The highest BCUT2D eigenvalue weighted by Gasteiger charge is 2.33. The van der Waals surface area contributed by atoms with Gasteiger partial charge >= 0.3 is 0 Å². The summed E-state index contributed by atoms with van der Waals surface area (Å²) in [4.78, 5) is 36.0. The Hall–Kier alpha value is -2.94. The van der Waals surface area contributed by atoms with Crippen molar-refractivity contribution >= 4 is 38.5 Å². The lowest BCUT2D eigenvalue weighted by molar-refractivity contribution is -0.137. The van der Waals surface area contributed by atoms with E-state index in [9.17, 15) is 14.0 Å². The number of amides is 2. The lowest BCUT2D eigenvalue weighted by Gasteiger charge is -2.38. The number of furan rings is 1. The van der Waals surface area contributed by atoms with Gasteiger partial charge in [-0.3, -0.25) is 9.59 Å². The standard InChI is InChI=1S/C22H23FN4O3S/c23-16-5-6-17-19(13-16)31-22(24-17)27-7-1-3-15(14-27)20(28)25-8-10-26(11-9-25)21(29)18-4-2-12-30-18/h2,4-6,12-13,15H,1,3,7-11,14H2. The molecule has 3 aromatic rings. The van der Waals surface area contributed by atoms with Crippen LogP contribution < -0.4 is 4.90 Å². The van der Waals surface area contributed by atoms with Gasteiger partial charge in [0.2, 0.25) is 5.91 Å². The minimum atomic E-state index is -0.265. The van der Waals surface area contributed by atoms with E-state index >= 15 is 0 Å². The SMILES string of the molecule is O=C(c1ccco1)N1CCN(C(=O)C2CCCN(c3nc4ccc(F)cc4s3)C2)CC1. The van der Waals surface area contributed by atoms with Gasteiger partial charge in [-0.25, -0.2) is 9.37 Å². The molecule has 4 heterocycles. The van der Waals surface area contributed by atoms with Crippen LogP contribution in [0, 0.1) is 11.7 Å². The number of carbonyl (C=O) groups excluding carboxylic acids is 2. The molecular formula is C22H23FN4O3S. The van der Waals surface area contributed by atoms with Crippen molar-refractivity contribution in [2.45, 2.75) is 12.8 Å². The molecule has 2 aromatic heterocycles. The highest BCUT2D eigenvalue weighted by molar-refractivity contribution is 7.22. The first-order valence-corrected chi connectivity index (χ1v) is 11.3. The molecule has 0 aliphatic carbocycles. The minimum Gasteiger partial charge on any atom is -0.459 e. The van der Waals surface area contributed by atoms with E-state index in [0.29, 0.717) is 38.5 Å². The van der Waals surface area contributed by atoms with Gasteiger partial charge in [-0.1, -0.05) is 11.3 Å². The average Bonchev–Trinajstić information content (AvgIpc) is 3.48. The Labute approximate surface area is 183 Å². The van der Waals surface area contributed by atoms with E-state index in [1.54, 1.807) is 23.1 Å². The number of thiazole rings is 1. The molecule has 0 radical (unpaired) electrons. The summed E-state index contributed by atoms with van der Waals surface area (Å²) in [7, 11) is 0. The number of piperazine rings is 1. The Balaban J connectivity index is 1.21. The van der Waals surface area contributed by atoms with E-state index in [2.05, 4.69) is 9.88 Å². The van der Waals surface area contributed by atoms with Crippen molar-refractivity contribution in [3.8, 4) is 0 Å². The number of halogens is 1. The predicted molar refractivity (Wildman–Crippen MR) is 116 cm³/mol. The lowest BCUT2D eigenvalue weighted by Crippen LogP contribution is -2.53. The number of rotatable bonds is 3. The zero-order chi connectivity index (χ0) is 21.4. The Kier molecular flexibility index (Phi) is 5.35. The summed E-state index contributed by atoms with van der Waals surface area (Å²) < 4.78 is 19.5. The van der Waals surface area contributed by atoms with Gasteiger partial charge in [0.15, 0.2) is 10.9 Å². The van der Waals surface area contributed by atoms with Crippen molar-refractivity contribution in [1.29, 1.82) is 0 Å². The Morgan fingerprint density at radius 1 is 1.10 bits per heavy atom. The first kappa shape index (κ1) is 20.0. The summed E-state index contributed by atoms with van der Waals surface area (Å²) in [6, 6.07) is 7.98. The molecule has 0 N–H and O–H groups in total. The maximum atomic E-state index is 13.5. The van der Waals surface area contributed by atoms with Crippen LogP contribution in [0.2, 0.25) is 0 Å². The van der Waals surface area contributed by atoms with Crippen molar-refractivity contribution in [3.05, 3.63) is 48.2 Å². The van der Waals surface area contributed by atoms with Crippen molar-refractivity contribution < 1.29 is 18.4 Å². The predicted octanol–water partition coefficient (Wildman–Crippen LogP) is 3.23. The molecule has 2 aliphatic heterocycles. The van der Waals surface area contributed by atoms with E-state index in [-0.39, 0.29) is 23.5 Å². The minimum absolute atomic E-state index is 0.0928. The second-order valence-corrected chi connectivity index (χ2v) is 9.00. The second kappa shape index (κ2) is 8.30. The molecule has 162 valence electrons. The van der Waals surface area contributed by atoms with Crippen LogP contribution in [-0.4, -0.2) is 65.9 Å². The van der Waals surface area contributed by atoms with Crippen LogP contribution in [0.4, 0.5) is 9.52 Å². The average molecular weight is 443 g/mol. The molecule has 31 heavy (non-hydrogen) atoms. The third kappa shape index (κ3) is 4.01. The molecule has 2 fully saturated rings. The molecular weight excluding hydrogens is 419 g/mol. The van der Waals surface area contributed by atoms with Gasteiger partial charge in [-0.2, -0.15) is 0 Å². The molecule has 7 nitrogen and oxygen atoms in total. The topological polar surface area (TPSA) is 69.9 Å². The number of hydrogen-bond donors (Lipinski definition) is 0. The zero-order valence-corrected chi connectivity index (χ0v) is 17.8. The van der Waals surface area contributed by atoms with E-state index in [4.69, 9.17) is 4.42 Å². The van der Waals surface area contributed by atoms with E-state index < -0.39 is 0 Å². The molecule has 1 aromatic carbocycles. The summed E-state index contributed by atoms with van der Waals surface area (Å²) in [6.07, 6.45) is 3.25. The maximum Gasteiger partial charge on any atom is 0.289 e. The molecule has 2 saturated heterocycles. The van der Waals surface area contributed by atoms with Crippen LogP contribution in [0.1, 0.15) is 23.4 Å². The Morgan fingerprint density at radius 3 is 2.68 bits per heavy atom. The maximum absolute atomic E-state index is 13.5. The number of aromatic nitrogens is 1. The fraction of sp³-hybridized carbons (Fsp3) is 0.409. The number of anilines is 1. The smallest absolute Gasteiger partial charge is 0.289 e. The van der Waals surface area contributed by atoms with Crippen molar-refractivity contribution in [2.24, 2.45) is 5.92 Å². The van der Waals surface area contributed by atoms with Gasteiger partial charge < -0.3 is 19.1 Å². The van der Waals surface area contributed by atoms with Crippen LogP contribution in [0.5, 0.6) is 0 Å². The third-order valence-corrected chi connectivity index (χ3v) is 7.07. The number of fused-ring (bicyclic) bond motifs is 1. The van der Waals surface area contributed by atoms with Gasteiger partial charge in [0.1, 0.15) is 5.82 Å². The Bertz CT molecular complexity index is 1090. The van der Waals surface area contributed by atoms with Gasteiger partial charge in [-0.15, -0.1) is 0 Å². The Morgan fingerprint density at radius 2 is 1.90 bits per heavy atom. The fourth-order valence-electron chi connectivity index (χ4n) is 4.32. The van der Waals surface area contributed by atoms with E-state index in [0.717, 1.165) is 34.7 Å². The largest absolute Gasteiger partial charge is 0.459 e. The molecule has 0 spiro atoms. The van der Waals surface area contributed by atoms with Crippen molar-refractivity contribution in [1.82, 2.24) is 14.8 Å². The van der Waals surface area contributed by atoms with Crippen LogP contribution in [0.25, 0.3) is 10.2 Å². The number of carbonyl (C=O) groups is 2. The molecule has 1 unspecified atom stereocenters. The fourth-order valence-corrected chi connectivity index (χ4v) is 5.34. The number of benzene rings is 1. The van der Waals surface area contributed by atoms with E-state index in [1.807, 2.05) is 4.90 Å². The van der Waals surface area contributed by atoms with Crippen LogP contribution in [0.3, 0.4) is 0 Å². The molecule has 2 aliphatic rings. The van der Waals surface area contributed by atoms with Gasteiger partial charge in [0, 0.05) is 39.3 Å². The molecule has 0 saturated carbocycles. The molecule has 2 amide bonds. The molecule has 9 heteroatoms. The zero-order valence-electron chi connectivity index (χ0n) is 17.0. The second-order valence-electron chi connectivity index (χ2n) is 7.99. The number of nitrogens with zero attached hydrogens (tertiary/aromatic N) is 4. The van der Waals surface area contributed by atoms with Gasteiger partial charge in [-0.05, 0) is 43.2 Å². The van der Waals surface area contributed by atoms with Crippen LogP contribution in [-0.2, 0) is 4.79 Å². The summed E-state index contributed by atoms with van der Waals surface area (Å²) >= 11 is 1.47.